The van der Waals surface area contributed by atoms with E-state index in [2.05, 4.69) is 11.8 Å². The van der Waals surface area contributed by atoms with E-state index >= 15 is 0 Å². The van der Waals surface area contributed by atoms with Gasteiger partial charge in [0.1, 0.15) is 5.78 Å². The van der Waals surface area contributed by atoms with Crippen LogP contribution in [0.25, 0.3) is 0 Å². The summed E-state index contributed by atoms with van der Waals surface area (Å²) < 4.78 is 5.47. The van der Waals surface area contributed by atoms with Crippen LogP contribution in [0.1, 0.15) is 78.1 Å². The number of ketones is 1. The summed E-state index contributed by atoms with van der Waals surface area (Å²) in [5.41, 5.74) is -0.181. The summed E-state index contributed by atoms with van der Waals surface area (Å²) in [7, 11) is 0. The van der Waals surface area contributed by atoms with Gasteiger partial charge in [0.2, 0.25) is 0 Å². The number of carbonyl (C=O) groups is 1. The van der Waals surface area contributed by atoms with E-state index in [-0.39, 0.29) is 23.4 Å². The minimum Gasteiger partial charge on any atom is -0.396 e. The highest BCUT2D eigenvalue weighted by atomic mass is 16.5. The van der Waals surface area contributed by atoms with Crippen LogP contribution in [0.5, 0.6) is 0 Å². The number of nitrogens with zero attached hydrogens (tertiary/aromatic N) is 1. The maximum Gasteiger partial charge on any atom is 0.150 e. The molecule has 1 saturated heterocycles. The van der Waals surface area contributed by atoms with Crippen molar-refractivity contribution in [3.8, 4) is 0 Å². The third-order valence-electron chi connectivity index (χ3n) is 11.1. The zero-order valence-electron chi connectivity index (χ0n) is 20.4. The third-order valence-corrected chi connectivity index (χ3v) is 11.1. The molecular weight excluding hydrogens is 402 g/mol. The Morgan fingerprint density at radius 3 is 2.53 bits per heavy atom. The Bertz CT molecular complexity index is 704. The number of fused-ring (bicyclic) bond motifs is 5. The number of aliphatic hydroxyl groups excluding tert-OH is 1. The van der Waals surface area contributed by atoms with Gasteiger partial charge < -0.3 is 14.9 Å². The van der Waals surface area contributed by atoms with Crippen molar-refractivity contribution in [2.45, 2.75) is 83.7 Å². The van der Waals surface area contributed by atoms with Crippen LogP contribution >= 0.6 is 0 Å². The Morgan fingerprint density at radius 2 is 1.78 bits per heavy atom. The summed E-state index contributed by atoms with van der Waals surface area (Å²) >= 11 is 0. The smallest absolute Gasteiger partial charge is 0.150 e. The lowest BCUT2D eigenvalue weighted by atomic mass is 9.42. The number of hydrogen-bond acceptors (Lipinski definition) is 5. The van der Waals surface area contributed by atoms with Gasteiger partial charge >= 0.3 is 0 Å². The monoisotopic (exact) mass is 447 g/mol. The first kappa shape index (κ1) is 23.3. The van der Waals surface area contributed by atoms with Gasteiger partial charge in [0.05, 0.1) is 25.4 Å². The normalized spacial score (nSPS) is 49.2. The quantitative estimate of drug-likeness (QED) is 0.673. The predicted molar refractivity (Wildman–Crippen MR) is 124 cm³/mol. The van der Waals surface area contributed by atoms with Gasteiger partial charge in [-0.1, -0.05) is 6.92 Å². The number of aliphatic hydroxyl groups is 2. The molecule has 4 aliphatic carbocycles. The lowest BCUT2D eigenvalue weighted by Crippen LogP contribution is -2.57. The van der Waals surface area contributed by atoms with Crippen molar-refractivity contribution in [2.24, 2.45) is 40.4 Å². The predicted octanol–water partition coefficient (Wildman–Crippen LogP) is 3.66. The van der Waals surface area contributed by atoms with Gasteiger partial charge in [-0.05, 0) is 106 Å². The Balaban J connectivity index is 1.34. The molecule has 0 radical (unpaired) electrons. The molecule has 32 heavy (non-hydrogen) atoms. The molecule has 1 aliphatic heterocycles. The van der Waals surface area contributed by atoms with Crippen molar-refractivity contribution < 1.29 is 19.7 Å². The number of rotatable bonds is 5. The van der Waals surface area contributed by atoms with Crippen molar-refractivity contribution in [3.63, 3.8) is 0 Å². The third kappa shape index (κ3) is 3.79. The molecule has 4 saturated carbocycles. The minimum atomic E-state index is -0.538. The average Bonchev–Trinajstić information content (AvgIpc) is 3.12. The zero-order valence-corrected chi connectivity index (χ0v) is 20.4. The van der Waals surface area contributed by atoms with Crippen LogP contribution in [0.15, 0.2) is 0 Å². The highest BCUT2D eigenvalue weighted by Gasteiger charge is 2.62. The molecule has 5 rings (SSSR count). The van der Waals surface area contributed by atoms with Crippen LogP contribution < -0.4 is 0 Å². The molecule has 8 atom stereocenters. The second-order valence-electron chi connectivity index (χ2n) is 12.6. The van der Waals surface area contributed by atoms with Gasteiger partial charge in [0.15, 0.2) is 0 Å². The summed E-state index contributed by atoms with van der Waals surface area (Å²) in [6.07, 6.45) is 10.8. The molecular formula is C27H45NO4. The maximum absolute atomic E-state index is 13.5. The molecule has 2 N–H and O–H groups in total. The van der Waals surface area contributed by atoms with Crippen LogP contribution in [-0.2, 0) is 9.53 Å². The Hall–Kier alpha value is -0.490. The second-order valence-corrected chi connectivity index (χ2v) is 12.6. The fourth-order valence-electron chi connectivity index (χ4n) is 9.56. The fourth-order valence-corrected chi connectivity index (χ4v) is 9.56. The summed E-state index contributed by atoms with van der Waals surface area (Å²) in [5.74, 6) is 3.25. The standard InChI is InChI=1S/C27H45NO4/c1-25(31)9-10-27(11-14-29)19(17-25)3-4-20-21-5-6-23(26(21,2)8-7-22(20)27)24(30)18-28-12-15-32-16-13-28/h19-23,29,31H,3-18H2,1-2H3/t19-,20-,21-,22-,23+,25+,26-,27+/m0/s1. The van der Waals surface area contributed by atoms with E-state index in [1.165, 1.54) is 25.7 Å². The van der Waals surface area contributed by atoms with Crippen molar-refractivity contribution >= 4 is 5.78 Å². The Labute approximate surface area is 194 Å². The number of ether oxygens (including phenoxy) is 1. The molecule has 0 spiro atoms. The van der Waals surface area contributed by atoms with E-state index in [1.54, 1.807) is 0 Å². The number of carbonyl (C=O) groups excluding carboxylic acids is 1. The van der Waals surface area contributed by atoms with Crippen molar-refractivity contribution in [1.82, 2.24) is 4.90 Å². The summed E-state index contributed by atoms with van der Waals surface area (Å²) in [4.78, 5) is 15.8. The average molecular weight is 448 g/mol. The molecule has 0 aromatic heterocycles. The minimum absolute atomic E-state index is 0.151. The highest BCUT2D eigenvalue weighted by molar-refractivity contribution is 5.84. The Morgan fingerprint density at radius 1 is 1.00 bits per heavy atom. The molecule has 182 valence electrons. The first-order valence-electron chi connectivity index (χ1n) is 13.5. The number of morpholine rings is 1. The Kier molecular flexibility index (Phi) is 6.27. The topological polar surface area (TPSA) is 70.0 Å². The van der Waals surface area contributed by atoms with E-state index < -0.39 is 5.60 Å². The van der Waals surface area contributed by atoms with Crippen LogP contribution in [0.4, 0.5) is 0 Å². The molecule has 0 aromatic carbocycles. The van der Waals surface area contributed by atoms with Crippen LogP contribution in [0.2, 0.25) is 0 Å². The van der Waals surface area contributed by atoms with Gasteiger partial charge in [-0.25, -0.2) is 0 Å². The summed E-state index contributed by atoms with van der Waals surface area (Å²) in [6.45, 7) is 8.61. The van der Waals surface area contributed by atoms with Crippen molar-refractivity contribution in [3.05, 3.63) is 0 Å². The molecule has 5 aliphatic rings. The van der Waals surface area contributed by atoms with Gasteiger partial charge in [-0.15, -0.1) is 0 Å². The maximum atomic E-state index is 13.5. The molecule has 0 amide bonds. The largest absolute Gasteiger partial charge is 0.396 e. The van der Waals surface area contributed by atoms with Gasteiger partial charge in [-0.2, -0.15) is 0 Å². The zero-order chi connectivity index (χ0) is 22.6. The molecule has 5 heteroatoms. The van der Waals surface area contributed by atoms with Gasteiger partial charge in [-0.3, -0.25) is 9.69 Å². The van der Waals surface area contributed by atoms with Gasteiger partial charge in [0.25, 0.3) is 0 Å². The van der Waals surface area contributed by atoms with E-state index in [0.717, 1.165) is 64.8 Å². The first-order chi connectivity index (χ1) is 15.3. The van der Waals surface area contributed by atoms with E-state index in [0.29, 0.717) is 36.0 Å². The van der Waals surface area contributed by atoms with Crippen LogP contribution in [0.3, 0.4) is 0 Å². The number of Topliss-reactive ketones (excluding diaryl/α,β-unsaturated/α-hetero) is 1. The highest BCUT2D eigenvalue weighted by Crippen LogP contribution is 2.69. The van der Waals surface area contributed by atoms with Crippen LogP contribution in [-0.4, -0.2) is 66.0 Å². The summed E-state index contributed by atoms with van der Waals surface area (Å²) in [5, 5.41) is 20.9. The molecule has 0 unspecified atom stereocenters. The van der Waals surface area contributed by atoms with Crippen LogP contribution in [0, 0.1) is 40.4 Å². The molecule has 5 nitrogen and oxygen atoms in total. The van der Waals surface area contributed by atoms with Crippen molar-refractivity contribution in [1.29, 1.82) is 0 Å². The lowest BCUT2D eigenvalue weighted by Gasteiger charge is -2.63. The fraction of sp³-hybridized carbons (Fsp3) is 0.963. The van der Waals surface area contributed by atoms with E-state index in [1.807, 2.05) is 6.92 Å². The second kappa shape index (κ2) is 8.62. The first-order valence-corrected chi connectivity index (χ1v) is 13.5. The molecule has 1 heterocycles. The van der Waals surface area contributed by atoms with Crippen molar-refractivity contribution in [2.75, 3.05) is 39.5 Å². The SMILES string of the molecule is C[C@@]1(O)CC[C@@]2(CCO)[C@@H](CC[C@H]3[C@@H]4CC[C@H](C(=O)CN5CCOCC5)[C@@]4(C)CC[C@@H]32)C1. The summed E-state index contributed by atoms with van der Waals surface area (Å²) in [6, 6.07) is 0. The van der Waals surface area contributed by atoms with Gasteiger partial charge in [0, 0.05) is 25.6 Å². The number of hydrogen-bond donors (Lipinski definition) is 2. The molecule has 0 aromatic rings. The van der Waals surface area contributed by atoms with E-state index in [9.17, 15) is 15.0 Å². The lowest BCUT2D eigenvalue weighted by molar-refractivity contribution is -0.163. The van der Waals surface area contributed by atoms with E-state index in [4.69, 9.17) is 4.74 Å². The molecule has 0 bridgehead atoms. The molecule has 5 fully saturated rings.